The lowest BCUT2D eigenvalue weighted by atomic mass is 10.2. The SMILES string of the molecule is Cn1ncnc1CN(CCO)C1CCCC1. The van der Waals surface area contributed by atoms with Crippen LogP contribution in [0, 0.1) is 0 Å². The number of aliphatic hydroxyl groups is 1. The molecule has 0 amide bonds. The summed E-state index contributed by atoms with van der Waals surface area (Å²) in [5.74, 6) is 0.973. The van der Waals surface area contributed by atoms with Gasteiger partial charge in [0.2, 0.25) is 0 Å². The zero-order valence-electron chi connectivity index (χ0n) is 9.84. The van der Waals surface area contributed by atoms with Gasteiger partial charge in [-0.15, -0.1) is 0 Å². The summed E-state index contributed by atoms with van der Waals surface area (Å²) in [7, 11) is 1.91. The molecule has 1 N–H and O–H groups in total. The number of nitrogens with zero attached hydrogens (tertiary/aromatic N) is 4. The number of rotatable bonds is 5. The molecule has 1 aliphatic carbocycles. The molecule has 1 aliphatic rings. The first-order chi connectivity index (χ1) is 7.81. The van der Waals surface area contributed by atoms with Crippen LogP contribution < -0.4 is 0 Å². The Morgan fingerprint density at radius 3 is 2.81 bits per heavy atom. The smallest absolute Gasteiger partial charge is 0.140 e. The molecule has 0 radical (unpaired) electrons. The largest absolute Gasteiger partial charge is 0.395 e. The summed E-state index contributed by atoms with van der Waals surface area (Å²) in [5.41, 5.74) is 0. The van der Waals surface area contributed by atoms with E-state index in [-0.39, 0.29) is 6.61 Å². The fraction of sp³-hybridized carbons (Fsp3) is 0.818. The van der Waals surface area contributed by atoms with Crippen molar-refractivity contribution >= 4 is 0 Å². The highest BCUT2D eigenvalue weighted by atomic mass is 16.3. The molecule has 0 aliphatic heterocycles. The van der Waals surface area contributed by atoms with Crippen LogP contribution in [0.2, 0.25) is 0 Å². The molecule has 5 nitrogen and oxygen atoms in total. The van der Waals surface area contributed by atoms with Crippen LogP contribution in [0.3, 0.4) is 0 Å². The Bertz CT molecular complexity index is 320. The maximum absolute atomic E-state index is 9.11. The van der Waals surface area contributed by atoms with E-state index in [1.807, 2.05) is 7.05 Å². The van der Waals surface area contributed by atoms with Crippen molar-refractivity contribution in [2.75, 3.05) is 13.2 Å². The molecule has 0 atom stereocenters. The predicted molar refractivity (Wildman–Crippen MR) is 60.8 cm³/mol. The van der Waals surface area contributed by atoms with Crippen molar-refractivity contribution < 1.29 is 5.11 Å². The van der Waals surface area contributed by atoms with Gasteiger partial charge in [0.05, 0.1) is 13.2 Å². The molecule has 2 rings (SSSR count). The first-order valence-corrected chi connectivity index (χ1v) is 5.99. The average molecular weight is 224 g/mol. The molecular weight excluding hydrogens is 204 g/mol. The van der Waals surface area contributed by atoms with E-state index in [1.165, 1.54) is 25.7 Å². The van der Waals surface area contributed by atoms with E-state index in [9.17, 15) is 0 Å². The van der Waals surface area contributed by atoms with E-state index in [4.69, 9.17) is 5.11 Å². The molecule has 1 aromatic heterocycles. The second-order valence-corrected chi connectivity index (χ2v) is 4.43. The molecule has 1 saturated carbocycles. The molecule has 1 aromatic rings. The minimum Gasteiger partial charge on any atom is -0.395 e. The number of aryl methyl sites for hydroxylation is 1. The molecule has 1 fully saturated rings. The standard InChI is InChI=1S/C11H20N4O/c1-14-11(12-9-13-14)8-15(6-7-16)10-4-2-3-5-10/h9-10,16H,2-8H2,1H3. The van der Waals surface area contributed by atoms with Gasteiger partial charge in [-0.2, -0.15) is 5.10 Å². The van der Waals surface area contributed by atoms with Crippen LogP contribution in [0.15, 0.2) is 6.33 Å². The van der Waals surface area contributed by atoms with Crippen LogP contribution in [-0.4, -0.2) is 44.0 Å². The number of aromatic nitrogens is 3. The van der Waals surface area contributed by atoms with Crippen LogP contribution in [-0.2, 0) is 13.6 Å². The normalized spacial score (nSPS) is 17.4. The minimum atomic E-state index is 0.217. The summed E-state index contributed by atoms with van der Waals surface area (Å²) in [6.45, 7) is 1.74. The molecule has 5 heteroatoms. The summed E-state index contributed by atoms with van der Waals surface area (Å²) >= 11 is 0. The first kappa shape index (κ1) is 11.5. The van der Waals surface area contributed by atoms with Gasteiger partial charge < -0.3 is 5.11 Å². The fourth-order valence-electron chi connectivity index (χ4n) is 2.43. The van der Waals surface area contributed by atoms with Gasteiger partial charge in [-0.05, 0) is 12.8 Å². The monoisotopic (exact) mass is 224 g/mol. The lowest BCUT2D eigenvalue weighted by Gasteiger charge is -2.27. The van der Waals surface area contributed by atoms with Crippen molar-refractivity contribution in [2.45, 2.75) is 38.3 Å². The van der Waals surface area contributed by atoms with Gasteiger partial charge in [0.15, 0.2) is 0 Å². The Balaban J connectivity index is 1.99. The first-order valence-electron chi connectivity index (χ1n) is 5.99. The lowest BCUT2D eigenvalue weighted by molar-refractivity contribution is 0.140. The van der Waals surface area contributed by atoms with Crippen LogP contribution in [0.4, 0.5) is 0 Å². The van der Waals surface area contributed by atoms with Gasteiger partial charge in [-0.1, -0.05) is 12.8 Å². The molecular formula is C11H20N4O. The van der Waals surface area contributed by atoms with Gasteiger partial charge in [0, 0.05) is 19.6 Å². The Morgan fingerprint density at radius 1 is 1.50 bits per heavy atom. The number of hydrogen-bond donors (Lipinski definition) is 1. The van der Waals surface area contributed by atoms with E-state index in [0.717, 1.165) is 18.9 Å². The maximum Gasteiger partial charge on any atom is 0.140 e. The third kappa shape index (κ3) is 2.59. The van der Waals surface area contributed by atoms with E-state index < -0.39 is 0 Å². The number of aliphatic hydroxyl groups excluding tert-OH is 1. The summed E-state index contributed by atoms with van der Waals surface area (Å²) in [4.78, 5) is 6.57. The van der Waals surface area contributed by atoms with Crippen molar-refractivity contribution in [1.29, 1.82) is 0 Å². The number of hydrogen-bond acceptors (Lipinski definition) is 4. The van der Waals surface area contributed by atoms with E-state index in [1.54, 1.807) is 11.0 Å². The van der Waals surface area contributed by atoms with Crippen molar-refractivity contribution in [3.8, 4) is 0 Å². The molecule has 16 heavy (non-hydrogen) atoms. The summed E-state index contributed by atoms with van der Waals surface area (Å²) in [6, 6.07) is 0.615. The van der Waals surface area contributed by atoms with Crippen molar-refractivity contribution in [3.05, 3.63) is 12.2 Å². The van der Waals surface area contributed by atoms with Gasteiger partial charge in [0.1, 0.15) is 12.2 Å². The lowest BCUT2D eigenvalue weighted by Crippen LogP contribution is -2.35. The van der Waals surface area contributed by atoms with Gasteiger partial charge >= 0.3 is 0 Å². The Labute approximate surface area is 96.1 Å². The van der Waals surface area contributed by atoms with Crippen molar-refractivity contribution in [2.24, 2.45) is 7.05 Å². The zero-order chi connectivity index (χ0) is 11.4. The highest BCUT2D eigenvalue weighted by molar-refractivity contribution is 4.87. The minimum absolute atomic E-state index is 0.217. The Kier molecular flexibility index (Phi) is 3.90. The third-order valence-corrected chi connectivity index (χ3v) is 3.38. The van der Waals surface area contributed by atoms with Gasteiger partial charge in [-0.25, -0.2) is 4.98 Å². The molecule has 0 aromatic carbocycles. The topological polar surface area (TPSA) is 54.2 Å². The quantitative estimate of drug-likeness (QED) is 0.793. The highest BCUT2D eigenvalue weighted by Gasteiger charge is 2.23. The van der Waals surface area contributed by atoms with Crippen LogP contribution in [0.5, 0.6) is 0 Å². The Hall–Kier alpha value is -0.940. The van der Waals surface area contributed by atoms with E-state index in [2.05, 4.69) is 15.0 Å². The highest BCUT2D eigenvalue weighted by Crippen LogP contribution is 2.24. The third-order valence-electron chi connectivity index (χ3n) is 3.38. The van der Waals surface area contributed by atoms with Gasteiger partial charge in [0.25, 0.3) is 0 Å². The van der Waals surface area contributed by atoms with Crippen LogP contribution >= 0.6 is 0 Å². The van der Waals surface area contributed by atoms with Gasteiger partial charge in [-0.3, -0.25) is 9.58 Å². The summed E-state index contributed by atoms with van der Waals surface area (Å²) < 4.78 is 1.80. The molecule has 0 saturated heterocycles. The predicted octanol–water partition coefficient (Wildman–Crippen LogP) is 0.552. The molecule has 1 heterocycles. The van der Waals surface area contributed by atoms with Crippen molar-refractivity contribution in [3.63, 3.8) is 0 Å². The van der Waals surface area contributed by atoms with E-state index in [0.29, 0.717) is 6.04 Å². The fourth-order valence-corrected chi connectivity index (χ4v) is 2.43. The van der Waals surface area contributed by atoms with Crippen LogP contribution in [0.25, 0.3) is 0 Å². The second-order valence-electron chi connectivity index (χ2n) is 4.43. The molecule has 0 spiro atoms. The molecule has 90 valence electrons. The maximum atomic E-state index is 9.11. The second kappa shape index (κ2) is 5.41. The molecule has 0 bridgehead atoms. The average Bonchev–Trinajstić information content (AvgIpc) is 2.90. The zero-order valence-corrected chi connectivity index (χ0v) is 9.84. The van der Waals surface area contributed by atoms with Crippen molar-refractivity contribution in [1.82, 2.24) is 19.7 Å². The van der Waals surface area contributed by atoms with E-state index >= 15 is 0 Å². The summed E-state index contributed by atoms with van der Waals surface area (Å²) in [6.07, 6.45) is 6.70. The summed E-state index contributed by atoms with van der Waals surface area (Å²) in [5, 5.41) is 13.2. The molecule has 0 unspecified atom stereocenters. The van der Waals surface area contributed by atoms with Crippen LogP contribution in [0.1, 0.15) is 31.5 Å². The Morgan fingerprint density at radius 2 is 2.25 bits per heavy atom.